The molecule has 1 aliphatic rings. The number of nitrogens with zero attached hydrogens (tertiary/aromatic N) is 1. The quantitative estimate of drug-likeness (QED) is 0.819. The minimum Gasteiger partial charge on any atom is -0.480 e. The molecule has 0 saturated heterocycles. The maximum absolute atomic E-state index is 11.6. The molecule has 0 radical (unpaired) electrons. The second-order valence-corrected chi connectivity index (χ2v) is 5.30. The highest BCUT2D eigenvalue weighted by molar-refractivity contribution is 6.32. The van der Waals surface area contributed by atoms with Gasteiger partial charge in [0.15, 0.2) is 0 Å². The Bertz CT molecular complexity index is 504. The molecule has 1 aliphatic heterocycles. The first-order valence-electron chi connectivity index (χ1n) is 5.91. The van der Waals surface area contributed by atoms with Crippen LogP contribution in [-0.2, 0) is 10.3 Å². The Morgan fingerprint density at radius 3 is 2.83 bits per heavy atom. The van der Waals surface area contributed by atoms with Crippen LogP contribution in [0.5, 0.6) is 0 Å². The molecule has 0 saturated carbocycles. The summed E-state index contributed by atoms with van der Waals surface area (Å²) in [5.41, 5.74) is 7.12. The molecule has 1 atom stereocenters. The zero-order valence-corrected chi connectivity index (χ0v) is 11.3. The van der Waals surface area contributed by atoms with Crippen LogP contribution in [0.2, 0.25) is 5.02 Å². The van der Waals surface area contributed by atoms with E-state index >= 15 is 0 Å². The highest BCUT2D eigenvalue weighted by atomic mass is 35.5. The van der Waals surface area contributed by atoms with E-state index in [0.717, 1.165) is 24.2 Å². The molecule has 18 heavy (non-hydrogen) atoms. The lowest BCUT2D eigenvalue weighted by molar-refractivity contribution is -0.144. The van der Waals surface area contributed by atoms with Crippen LogP contribution in [0, 0.1) is 6.92 Å². The number of carboxylic acid groups (broad SMARTS) is 1. The van der Waals surface area contributed by atoms with Crippen LogP contribution in [-0.4, -0.2) is 24.7 Å². The summed E-state index contributed by atoms with van der Waals surface area (Å²) in [5.74, 6) is -1.02. The summed E-state index contributed by atoms with van der Waals surface area (Å²) in [6, 6.07) is 3.62. The van der Waals surface area contributed by atoms with Crippen molar-refractivity contribution < 1.29 is 9.90 Å². The molecule has 5 heteroatoms. The summed E-state index contributed by atoms with van der Waals surface area (Å²) in [6.07, 6.45) is 1.12. The predicted molar refractivity (Wildman–Crippen MR) is 72.2 cm³/mol. The number of aliphatic carboxylic acids is 1. The van der Waals surface area contributed by atoms with E-state index in [4.69, 9.17) is 17.3 Å². The van der Waals surface area contributed by atoms with Crippen LogP contribution >= 0.6 is 11.6 Å². The molecule has 0 amide bonds. The molecule has 0 spiro atoms. The van der Waals surface area contributed by atoms with Gasteiger partial charge in [-0.25, -0.2) is 4.79 Å². The number of carboxylic acids is 1. The second-order valence-electron chi connectivity index (χ2n) is 4.89. The number of aryl methyl sites for hydroxylation is 1. The van der Waals surface area contributed by atoms with Gasteiger partial charge in [0.25, 0.3) is 0 Å². The van der Waals surface area contributed by atoms with E-state index in [1.807, 2.05) is 24.9 Å². The lowest BCUT2D eigenvalue weighted by Crippen LogP contribution is -2.45. The normalized spacial score (nSPS) is 23.4. The Morgan fingerprint density at radius 2 is 2.22 bits per heavy atom. The van der Waals surface area contributed by atoms with Crippen LogP contribution in [0.1, 0.15) is 24.0 Å². The summed E-state index contributed by atoms with van der Waals surface area (Å²) in [6.45, 7) is 2.72. The van der Waals surface area contributed by atoms with E-state index in [1.165, 1.54) is 0 Å². The predicted octanol–water partition coefficient (Wildman–Crippen LogP) is 2.12. The van der Waals surface area contributed by atoms with Gasteiger partial charge >= 0.3 is 5.97 Å². The van der Waals surface area contributed by atoms with Crippen LogP contribution in [0.15, 0.2) is 12.1 Å². The number of benzene rings is 1. The van der Waals surface area contributed by atoms with Gasteiger partial charge in [-0.2, -0.15) is 0 Å². The van der Waals surface area contributed by atoms with Gasteiger partial charge in [0.1, 0.15) is 5.54 Å². The van der Waals surface area contributed by atoms with Crippen molar-refractivity contribution in [2.75, 3.05) is 18.5 Å². The Kier molecular flexibility index (Phi) is 3.25. The largest absolute Gasteiger partial charge is 0.480 e. The van der Waals surface area contributed by atoms with Gasteiger partial charge in [0.2, 0.25) is 0 Å². The van der Waals surface area contributed by atoms with Gasteiger partial charge < -0.3 is 15.7 Å². The Hall–Kier alpha value is -1.26. The van der Waals surface area contributed by atoms with Gasteiger partial charge in [-0.15, -0.1) is 0 Å². The number of anilines is 1. The standard InChI is InChI=1S/C13H17ClN2O2/c1-8-4-5-9(14)10-11(8)16(2)7-3-6-13(10,15)12(17)18/h4-5H,3,6-7,15H2,1-2H3,(H,17,18). The summed E-state index contributed by atoms with van der Waals surface area (Å²) < 4.78 is 0. The summed E-state index contributed by atoms with van der Waals surface area (Å²) in [5, 5.41) is 9.89. The van der Waals surface area contributed by atoms with Gasteiger partial charge in [-0.1, -0.05) is 17.7 Å². The first-order chi connectivity index (χ1) is 8.38. The summed E-state index contributed by atoms with van der Waals surface area (Å²) >= 11 is 6.21. The van der Waals surface area contributed by atoms with E-state index in [9.17, 15) is 9.90 Å². The van der Waals surface area contributed by atoms with Crippen molar-refractivity contribution in [2.24, 2.45) is 5.73 Å². The van der Waals surface area contributed by atoms with Crippen molar-refractivity contribution in [3.63, 3.8) is 0 Å². The molecule has 1 unspecified atom stereocenters. The van der Waals surface area contributed by atoms with Crippen molar-refractivity contribution >= 4 is 23.3 Å². The molecular weight excluding hydrogens is 252 g/mol. The number of hydrogen-bond acceptors (Lipinski definition) is 3. The molecule has 0 aromatic heterocycles. The molecule has 1 aromatic carbocycles. The molecule has 0 bridgehead atoms. The van der Waals surface area contributed by atoms with Crippen LogP contribution in [0.4, 0.5) is 5.69 Å². The molecule has 1 heterocycles. The maximum Gasteiger partial charge on any atom is 0.328 e. The molecule has 98 valence electrons. The SMILES string of the molecule is Cc1ccc(Cl)c2c1N(C)CCCC2(N)C(=O)O. The summed E-state index contributed by atoms with van der Waals surface area (Å²) in [4.78, 5) is 13.6. The van der Waals surface area contributed by atoms with E-state index in [1.54, 1.807) is 6.07 Å². The van der Waals surface area contributed by atoms with Crippen molar-refractivity contribution in [1.82, 2.24) is 0 Å². The number of hydrogen-bond donors (Lipinski definition) is 2. The third-order valence-electron chi connectivity index (χ3n) is 3.60. The van der Waals surface area contributed by atoms with E-state index in [-0.39, 0.29) is 0 Å². The maximum atomic E-state index is 11.6. The highest BCUT2D eigenvalue weighted by Gasteiger charge is 2.42. The number of fused-ring (bicyclic) bond motifs is 1. The molecular formula is C13H17ClN2O2. The minimum absolute atomic E-state index is 0.392. The molecule has 3 N–H and O–H groups in total. The molecule has 4 nitrogen and oxygen atoms in total. The number of nitrogens with two attached hydrogens (primary N) is 1. The van der Waals surface area contributed by atoms with Crippen LogP contribution in [0.3, 0.4) is 0 Å². The monoisotopic (exact) mass is 268 g/mol. The smallest absolute Gasteiger partial charge is 0.328 e. The third-order valence-corrected chi connectivity index (χ3v) is 3.92. The fraction of sp³-hybridized carbons (Fsp3) is 0.462. The van der Waals surface area contributed by atoms with E-state index < -0.39 is 11.5 Å². The Labute approximate surface area is 111 Å². The fourth-order valence-corrected chi connectivity index (χ4v) is 2.95. The zero-order chi connectivity index (χ0) is 13.5. The fourth-order valence-electron chi connectivity index (χ4n) is 2.63. The molecule has 1 aromatic rings. The topological polar surface area (TPSA) is 66.6 Å². The highest BCUT2D eigenvalue weighted by Crippen LogP contribution is 2.41. The van der Waals surface area contributed by atoms with Gasteiger partial charge in [-0.3, -0.25) is 0 Å². The molecule has 0 aliphatic carbocycles. The lowest BCUT2D eigenvalue weighted by atomic mass is 9.85. The minimum atomic E-state index is -1.40. The zero-order valence-electron chi connectivity index (χ0n) is 10.5. The Morgan fingerprint density at radius 1 is 1.56 bits per heavy atom. The number of halogens is 1. The van der Waals surface area contributed by atoms with Crippen LogP contribution in [0.25, 0.3) is 0 Å². The van der Waals surface area contributed by atoms with Crippen molar-refractivity contribution in [3.05, 3.63) is 28.3 Å². The van der Waals surface area contributed by atoms with Crippen molar-refractivity contribution in [2.45, 2.75) is 25.3 Å². The second kappa shape index (κ2) is 4.44. The third kappa shape index (κ3) is 1.85. The summed E-state index contributed by atoms with van der Waals surface area (Å²) in [7, 11) is 1.94. The van der Waals surface area contributed by atoms with Gasteiger partial charge in [0.05, 0.1) is 0 Å². The van der Waals surface area contributed by atoms with Gasteiger partial charge in [0, 0.05) is 29.9 Å². The molecule has 0 fully saturated rings. The first-order valence-corrected chi connectivity index (χ1v) is 6.28. The van der Waals surface area contributed by atoms with Crippen molar-refractivity contribution in [1.29, 1.82) is 0 Å². The average Bonchev–Trinajstić information content (AvgIpc) is 2.43. The van der Waals surface area contributed by atoms with Crippen LogP contribution < -0.4 is 10.6 Å². The molecule has 2 rings (SSSR count). The average molecular weight is 269 g/mol. The number of carbonyl (C=O) groups is 1. The van der Waals surface area contributed by atoms with E-state index in [0.29, 0.717) is 17.0 Å². The first kappa shape index (κ1) is 13.2. The van der Waals surface area contributed by atoms with Gasteiger partial charge in [-0.05, 0) is 31.4 Å². The van der Waals surface area contributed by atoms with E-state index in [2.05, 4.69) is 0 Å². The number of rotatable bonds is 1. The Balaban J connectivity index is 2.77. The lowest BCUT2D eigenvalue weighted by Gasteiger charge is -2.29. The van der Waals surface area contributed by atoms with Crippen molar-refractivity contribution in [3.8, 4) is 0 Å².